The minimum absolute atomic E-state index is 0.212. The van der Waals surface area contributed by atoms with Crippen molar-refractivity contribution in [3.05, 3.63) is 18.3 Å². The molecule has 0 saturated carbocycles. The van der Waals surface area contributed by atoms with Crippen LogP contribution in [0.4, 0.5) is 9.70 Å². The Balaban J connectivity index is 2.25. The molecule has 1 aliphatic rings. The number of rotatable bonds is 2. The van der Waals surface area contributed by atoms with E-state index in [4.69, 9.17) is 0 Å². The van der Waals surface area contributed by atoms with E-state index >= 15 is 0 Å². The first-order valence-corrected chi connectivity index (χ1v) is 5.94. The Labute approximate surface area is 91.3 Å². The van der Waals surface area contributed by atoms with Gasteiger partial charge in [0.15, 0.2) is 5.82 Å². The number of carbonyl (C=O) groups is 1. The maximum Gasteiger partial charge on any atom is 0.307 e. The van der Waals surface area contributed by atoms with Gasteiger partial charge in [0.05, 0.1) is 0 Å². The molecule has 2 heterocycles. The lowest BCUT2D eigenvalue weighted by Crippen LogP contribution is -2.27. The van der Waals surface area contributed by atoms with Crippen molar-refractivity contribution in [2.45, 2.75) is 11.7 Å². The second-order valence-electron chi connectivity index (χ2n) is 3.39. The third-order valence-electron chi connectivity index (χ3n) is 2.32. The van der Waals surface area contributed by atoms with Gasteiger partial charge < -0.3 is 0 Å². The van der Waals surface area contributed by atoms with Crippen LogP contribution in [0.2, 0.25) is 0 Å². The summed E-state index contributed by atoms with van der Waals surface area (Å²) >= 11 is 0. The van der Waals surface area contributed by atoms with Crippen LogP contribution in [0.3, 0.4) is 0 Å². The van der Waals surface area contributed by atoms with Crippen molar-refractivity contribution in [1.82, 2.24) is 10.2 Å². The number of carbonyl (C=O) groups excluding carboxylic acids is 1. The minimum Gasteiger partial charge on any atom is -0.294 e. The van der Waals surface area contributed by atoms with Gasteiger partial charge in [0.25, 0.3) is 0 Å². The first kappa shape index (κ1) is 10.9. The van der Waals surface area contributed by atoms with Crippen molar-refractivity contribution in [3.8, 4) is 0 Å². The SMILES string of the molecule is O=C1CC(S(=O)(=O)F)CN1c1cccnn1. The predicted molar refractivity (Wildman–Crippen MR) is 52.8 cm³/mol. The quantitative estimate of drug-likeness (QED) is 0.679. The smallest absolute Gasteiger partial charge is 0.294 e. The molecule has 8 heteroatoms. The zero-order valence-electron chi connectivity index (χ0n) is 8.08. The van der Waals surface area contributed by atoms with Crippen molar-refractivity contribution >= 4 is 21.9 Å². The Kier molecular flexibility index (Phi) is 2.58. The van der Waals surface area contributed by atoms with Gasteiger partial charge in [0.1, 0.15) is 5.25 Å². The van der Waals surface area contributed by atoms with Gasteiger partial charge in [0, 0.05) is 19.2 Å². The summed E-state index contributed by atoms with van der Waals surface area (Å²) in [5, 5.41) is 5.93. The van der Waals surface area contributed by atoms with Crippen LogP contribution in [0, 0.1) is 0 Å². The van der Waals surface area contributed by atoms with E-state index < -0.39 is 21.4 Å². The van der Waals surface area contributed by atoms with E-state index in [0.717, 1.165) is 4.90 Å². The summed E-state index contributed by atoms with van der Waals surface area (Å²) in [6, 6.07) is 3.07. The maximum absolute atomic E-state index is 12.7. The largest absolute Gasteiger partial charge is 0.307 e. The Morgan fingerprint density at radius 2 is 2.25 bits per heavy atom. The van der Waals surface area contributed by atoms with Crippen LogP contribution in [0.5, 0.6) is 0 Å². The standard InChI is InChI=1S/C8H8FN3O3S/c9-16(14,15)6-4-8(13)12(5-6)7-2-1-3-10-11-7/h1-3,6H,4-5H2. The van der Waals surface area contributed by atoms with Crippen LogP contribution in [0.15, 0.2) is 18.3 Å². The van der Waals surface area contributed by atoms with Crippen LogP contribution < -0.4 is 4.90 Å². The van der Waals surface area contributed by atoms with Crippen molar-refractivity contribution < 1.29 is 17.1 Å². The molecule has 1 saturated heterocycles. The maximum atomic E-state index is 12.7. The van der Waals surface area contributed by atoms with Crippen LogP contribution in [0.25, 0.3) is 0 Å². The Bertz CT molecular complexity index is 505. The fraction of sp³-hybridized carbons (Fsp3) is 0.375. The van der Waals surface area contributed by atoms with Crippen molar-refractivity contribution in [2.24, 2.45) is 0 Å². The van der Waals surface area contributed by atoms with E-state index in [-0.39, 0.29) is 18.8 Å². The van der Waals surface area contributed by atoms with Crippen molar-refractivity contribution in [2.75, 3.05) is 11.4 Å². The molecular weight excluding hydrogens is 237 g/mol. The molecule has 86 valence electrons. The van der Waals surface area contributed by atoms with Crippen LogP contribution >= 0.6 is 0 Å². The lowest BCUT2D eigenvalue weighted by molar-refractivity contribution is -0.117. The lowest BCUT2D eigenvalue weighted by Gasteiger charge is -2.13. The molecule has 6 nitrogen and oxygen atoms in total. The van der Waals surface area contributed by atoms with Gasteiger partial charge in [-0.15, -0.1) is 8.98 Å². The first-order chi connectivity index (χ1) is 7.48. The summed E-state index contributed by atoms with van der Waals surface area (Å²) in [4.78, 5) is 12.6. The molecule has 1 aromatic heterocycles. The molecule has 1 unspecified atom stereocenters. The monoisotopic (exact) mass is 245 g/mol. The van der Waals surface area contributed by atoms with E-state index in [2.05, 4.69) is 10.2 Å². The second kappa shape index (κ2) is 3.78. The summed E-state index contributed by atoms with van der Waals surface area (Å²) in [6.45, 7) is -0.212. The van der Waals surface area contributed by atoms with Gasteiger partial charge in [0.2, 0.25) is 5.91 Å². The van der Waals surface area contributed by atoms with Gasteiger partial charge >= 0.3 is 10.2 Å². The topological polar surface area (TPSA) is 80.2 Å². The van der Waals surface area contributed by atoms with Crippen LogP contribution in [0.1, 0.15) is 6.42 Å². The molecule has 1 fully saturated rings. The van der Waals surface area contributed by atoms with E-state index in [0.29, 0.717) is 0 Å². The minimum atomic E-state index is -4.69. The Morgan fingerprint density at radius 3 is 2.75 bits per heavy atom. The van der Waals surface area contributed by atoms with E-state index in [9.17, 15) is 17.1 Å². The third kappa shape index (κ3) is 2.01. The summed E-state index contributed by atoms with van der Waals surface area (Å²) < 4.78 is 34.1. The first-order valence-electron chi connectivity index (χ1n) is 4.50. The molecule has 2 rings (SSSR count). The average molecular weight is 245 g/mol. The fourth-order valence-corrected chi connectivity index (χ4v) is 2.19. The highest BCUT2D eigenvalue weighted by Crippen LogP contribution is 2.23. The highest BCUT2D eigenvalue weighted by Gasteiger charge is 2.39. The number of aromatic nitrogens is 2. The summed E-state index contributed by atoms with van der Waals surface area (Å²) in [5.41, 5.74) is 0. The van der Waals surface area contributed by atoms with E-state index in [1.54, 1.807) is 6.07 Å². The lowest BCUT2D eigenvalue weighted by atomic mass is 10.4. The molecule has 1 amide bonds. The molecule has 1 aliphatic heterocycles. The molecular formula is C8H8FN3O3S. The fourth-order valence-electron chi connectivity index (χ4n) is 1.52. The van der Waals surface area contributed by atoms with E-state index in [1.807, 2.05) is 0 Å². The Morgan fingerprint density at radius 1 is 1.50 bits per heavy atom. The number of amides is 1. The molecule has 16 heavy (non-hydrogen) atoms. The number of halogens is 1. The number of hydrogen-bond acceptors (Lipinski definition) is 5. The van der Waals surface area contributed by atoms with Crippen LogP contribution in [-0.4, -0.2) is 36.3 Å². The van der Waals surface area contributed by atoms with Gasteiger partial charge in [-0.1, -0.05) is 0 Å². The van der Waals surface area contributed by atoms with Gasteiger partial charge in [-0.2, -0.15) is 13.5 Å². The highest BCUT2D eigenvalue weighted by molar-refractivity contribution is 7.87. The highest BCUT2D eigenvalue weighted by atomic mass is 32.3. The van der Waals surface area contributed by atoms with Crippen LogP contribution in [-0.2, 0) is 15.0 Å². The normalized spacial score (nSPS) is 21.4. The van der Waals surface area contributed by atoms with Crippen molar-refractivity contribution in [3.63, 3.8) is 0 Å². The van der Waals surface area contributed by atoms with Crippen molar-refractivity contribution in [1.29, 1.82) is 0 Å². The molecule has 0 bridgehead atoms. The average Bonchev–Trinajstić information content (AvgIpc) is 2.61. The second-order valence-corrected chi connectivity index (χ2v) is 5.01. The number of hydrogen-bond donors (Lipinski definition) is 0. The summed E-state index contributed by atoms with van der Waals surface area (Å²) in [5.74, 6) is -0.231. The zero-order valence-corrected chi connectivity index (χ0v) is 8.89. The number of anilines is 1. The third-order valence-corrected chi connectivity index (χ3v) is 3.43. The molecule has 0 radical (unpaired) electrons. The van der Waals surface area contributed by atoms with E-state index in [1.165, 1.54) is 12.3 Å². The summed E-state index contributed by atoms with van der Waals surface area (Å²) in [7, 11) is -4.69. The number of nitrogens with zero attached hydrogens (tertiary/aromatic N) is 3. The summed E-state index contributed by atoms with van der Waals surface area (Å²) in [6.07, 6.45) is 1.07. The van der Waals surface area contributed by atoms with Gasteiger partial charge in [-0.25, -0.2) is 0 Å². The van der Waals surface area contributed by atoms with Gasteiger partial charge in [-0.3, -0.25) is 9.69 Å². The Hall–Kier alpha value is -1.57. The predicted octanol–water partition coefficient (Wildman–Crippen LogP) is -0.119. The molecule has 0 aliphatic carbocycles. The molecule has 0 aromatic carbocycles. The molecule has 0 spiro atoms. The van der Waals surface area contributed by atoms with Gasteiger partial charge in [-0.05, 0) is 12.1 Å². The zero-order chi connectivity index (χ0) is 11.8. The molecule has 0 N–H and O–H groups in total. The molecule has 1 atom stereocenters. The molecule has 1 aromatic rings.